The van der Waals surface area contributed by atoms with Gasteiger partial charge in [0, 0.05) is 32.1 Å². The highest BCUT2D eigenvalue weighted by atomic mass is 16.5. The number of hydrogen-bond donors (Lipinski definition) is 1. The fourth-order valence-electron chi connectivity index (χ4n) is 4.56. The molecule has 1 amide bonds. The van der Waals surface area contributed by atoms with E-state index >= 15 is 0 Å². The number of nitrogens with zero attached hydrogens (tertiary/aromatic N) is 1. The second-order valence-corrected chi connectivity index (χ2v) is 8.27. The average Bonchev–Trinajstić information content (AvgIpc) is 3.46. The van der Waals surface area contributed by atoms with Gasteiger partial charge in [0.05, 0.1) is 5.69 Å². The van der Waals surface area contributed by atoms with Gasteiger partial charge in [0.2, 0.25) is 0 Å². The number of carbonyl (C=O) groups excluding carboxylic acids is 1. The molecule has 1 saturated carbocycles. The maximum atomic E-state index is 12.9. The summed E-state index contributed by atoms with van der Waals surface area (Å²) in [4.78, 5) is 12.9. The second-order valence-electron chi connectivity index (χ2n) is 8.27. The Morgan fingerprint density at radius 1 is 1.18 bits per heavy atom. The molecule has 1 atom stereocenters. The smallest absolute Gasteiger partial charge is 0.252 e. The summed E-state index contributed by atoms with van der Waals surface area (Å²) in [5, 5.41) is 7.33. The number of amides is 1. The first-order valence-corrected chi connectivity index (χ1v) is 10.6. The third kappa shape index (κ3) is 4.64. The molecule has 2 fully saturated rings. The highest BCUT2D eigenvalue weighted by molar-refractivity contribution is 5.85. The number of nitrogens with one attached hydrogen (secondary N) is 1. The molecular weight excluding hydrogens is 352 g/mol. The summed E-state index contributed by atoms with van der Waals surface area (Å²) >= 11 is 0. The van der Waals surface area contributed by atoms with Gasteiger partial charge in [-0.05, 0) is 30.7 Å². The van der Waals surface area contributed by atoms with Crippen molar-refractivity contribution >= 4 is 5.91 Å². The lowest BCUT2D eigenvalue weighted by Gasteiger charge is -2.26. The van der Waals surface area contributed by atoms with Crippen LogP contribution in [0.4, 0.5) is 0 Å². The van der Waals surface area contributed by atoms with Crippen molar-refractivity contribution in [2.75, 3.05) is 13.2 Å². The zero-order chi connectivity index (χ0) is 19.2. The molecule has 0 spiro atoms. The molecule has 2 heterocycles. The van der Waals surface area contributed by atoms with Gasteiger partial charge in [0.1, 0.15) is 5.76 Å². The number of aromatic nitrogens is 1. The van der Waals surface area contributed by atoms with E-state index in [2.05, 4.69) is 22.6 Å². The van der Waals surface area contributed by atoms with Crippen LogP contribution >= 0.6 is 0 Å². The van der Waals surface area contributed by atoms with Crippen molar-refractivity contribution in [3.8, 4) is 0 Å². The van der Waals surface area contributed by atoms with Crippen molar-refractivity contribution < 1.29 is 14.1 Å². The van der Waals surface area contributed by atoms with E-state index in [9.17, 15) is 4.79 Å². The fourth-order valence-corrected chi connectivity index (χ4v) is 4.56. The van der Waals surface area contributed by atoms with Crippen molar-refractivity contribution in [2.45, 2.75) is 63.4 Å². The third-order valence-electron chi connectivity index (χ3n) is 6.13. The monoisotopic (exact) mass is 382 g/mol. The van der Waals surface area contributed by atoms with Gasteiger partial charge in [-0.1, -0.05) is 61.2 Å². The van der Waals surface area contributed by atoms with Crippen LogP contribution in [-0.2, 0) is 22.4 Å². The van der Waals surface area contributed by atoms with Crippen LogP contribution < -0.4 is 5.32 Å². The van der Waals surface area contributed by atoms with E-state index in [1.165, 1.54) is 31.2 Å². The zero-order valence-corrected chi connectivity index (χ0v) is 16.5. The van der Waals surface area contributed by atoms with Crippen LogP contribution in [0, 0.1) is 5.92 Å². The van der Waals surface area contributed by atoms with Gasteiger partial charge in [-0.2, -0.15) is 0 Å². The zero-order valence-electron chi connectivity index (χ0n) is 16.5. The number of hydrogen-bond acceptors (Lipinski definition) is 4. The molecule has 5 heteroatoms. The Morgan fingerprint density at radius 3 is 2.75 bits per heavy atom. The molecule has 1 saturated heterocycles. The lowest BCUT2D eigenvalue weighted by Crippen LogP contribution is -2.48. The summed E-state index contributed by atoms with van der Waals surface area (Å²) in [5.74, 6) is 1.50. The van der Waals surface area contributed by atoms with Gasteiger partial charge in [-0.25, -0.2) is 0 Å². The van der Waals surface area contributed by atoms with Crippen molar-refractivity contribution in [1.82, 2.24) is 10.5 Å². The van der Waals surface area contributed by atoms with Crippen molar-refractivity contribution in [3.63, 3.8) is 0 Å². The number of ether oxygens (including phenoxy) is 1. The van der Waals surface area contributed by atoms with Gasteiger partial charge >= 0.3 is 0 Å². The molecule has 1 unspecified atom stereocenters. The molecule has 0 bridgehead atoms. The molecule has 1 aromatic carbocycles. The molecule has 28 heavy (non-hydrogen) atoms. The Kier molecular flexibility index (Phi) is 6.10. The standard InChI is InChI=1S/C23H30N2O3/c26-22(24-13-11-18-7-4-5-8-18)23(12-6-14-27-23)17-21-16-20(25-28-21)15-19-9-2-1-3-10-19/h1-3,9-10,16,18H,4-8,11-15,17H2,(H,24,26). The minimum Gasteiger partial charge on any atom is -0.365 e. The van der Waals surface area contributed by atoms with Crippen molar-refractivity contribution in [3.05, 3.63) is 53.4 Å². The Labute approximate surface area is 166 Å². The van der Waals surface area contributed by atoms with Crippen LogP contribution in [0.25, 0.3) is 0 Å². The lowest BCUT2D eigenvalue weighted by molar-refractivity contribution is -0.141. The Hall–Kier alpha value is -2.14. The largest absolute Gasteiger partial charge is 0.365 e. The minimum absolute atomic E-state index is 0.00371. The first-order valence-electron chi connectivity index (χ1n) is 10.6. The normalized spacial score (nSPS) is 22.6. The highest BCUT2D eigenvalue weighted by Gasteiger charge is 2.43. The third-order valence-corrected chi connectivity index (χ3v) is 6.13. The number of benzene rings is 1. The summed E-state index contributed by atoms with van der Waals surface area (Å²) in [6.07, 6.45) is 9.17. The van der Waals surface area contributed by atoms with E-state index in [1.807, 2.05) is 24.3 Å². The van der Waals surface area contributed by atoms with Gasteiger partial charge in [0.25, 0.3) is 5.91 Å². The molecule has 4 rings (SSSR count). The maximum absolute atomic E-state index is 12.9. The van der Waals surface area contributed by atoms with Crippen LogP contribution in [0.2, 0.25) is 0 Å². The highest BCUT2D eigenvalue weighted by Crippen LogP contribution is 2.31. The Bertz CT molecular complexity index is 759. The van der Waals surface area contributed by atoms with E-state index in [-0.39, 0.29) is 5.91 Å². The molecule has 5 nitrogen and oxygen atoms in total. The average molecular weight is 383 g/mol. The van der Waals surface area contributed by atoms with Gasteiger partial charge in [-0.3, -0.25) is 4.79 Å². The molecule has 2 aliphatic rings. The number of carbonyl (C=O) groups is 1. The van der Waals surface area contributed by atoms with Crippen molar-refractivity contribution in [2.24, 2.45) is 5.92 Å². The summed E-state index contributed by atoms with van der Waals surface area (Å²) in [5.41, 5.74) is 1.27. The van der Waals surface area contributed by atoms with Crippen LogP contribution in [0.1, 0.15) is 62.0 Å². The Balaban J connectivity index is 1.35. The molecular formula is C23H30N2O3. The maximum Gasteiger partial charge on any atom is 0.252 e. The van der Waals surface area contributed by atoms with Gasteiger partial charge < -0.3 is 14.6 Å². The predicted octanol–water partition coefficient (Wildman–Crippen LogP) is 4.05. The van der Waals surface area contributed by atoms with Gasteiger partial charge in [0.15, 0.2) is 5.60 Å². The molecule has 1 aliphatic carbocycles. The molecule has 1 N–H and O–H groups in total. The molecule has 1 aromatic heterocycles. The molecule has 1 aliphatic heterocycles. The van der Waals surface area contributed by atoms with E-state index in [0.717, 1.165) is 49.6 Å². The van der Waals surface area contributed by atoms with E-state index < -0.39 is 5.60 Å². The van der Waals surface area contributed by atoms with E-state index in [4.69, 9.17) is 9.26 Å². The Morgan fingerprint density at radius 2 is 2.00 bits per heavy atom. The van der Waals surface area contributed by atoms with Crippen molar-refractivity contribution in [1.29, 1.82) is 0 Å². The second kappa shape index (κ2) is 8.91. The summed E-state index contributed by atoms with van der Waals surface area (Å²) < 4.78 is 11.5. The van der Waals surface area contributed by atoms with Crippen LogP contribution in [0.3, 0.4) is 0 Å². The van der Waals surface area contributed by atoms with Crippen LogP contribution in [0.5, 0.6) is 0 Å². The van der Waals surface area contributed by atoms with Gasteiger partial charge in [-0.15, -0.1) is 0 Å². The van der Waals surface area contributed by atoms with E-state index in [1.54, 1.807) is 0 Å². The molecule has 2 aromatic rings. The lowest BCUT2D eigenvalue weighted by atomic mass is 9.93. The van der Waals surface area contributed by atoms with E-state index in [0.29, 0.717) is 13.0 Å². The molecule has 150 valence electrons. The topological polar surface area (TPSA) is 64.4 Å². The fraction of sp³-hybridized carbons (Fsp3) is 0.565. The van der Waals surface area contributed by atoms with Crippen LogP contribution in [0.15, 0.2) is 40.9 Å². The summed E-state index contributed by atoms with van der Waals surface area (Å²) in [6.45, 7) is 1.37. The SMILES string of the molecule is O=C(NCCC1CCCC1)C1(Cc2cc(Cc3ccccc3)no2)CCCO1. The minimum atomic E-state index is -0.806. The predicted molar refractivity (Wildman–Crippen MR) is 107 cm³/mol. The number of rotatable bonds is 8. The summed E-state index contributed by atoms with van der Waals surface area (Å²) in [7, 11) is 0. The summed E-state index contributed by atoms with van der Waals surface area (Å²) in [6, 6.07) is 12.2. The first-order chi connectivity index (χ1) is 13.7. The first kappa shape index (κ1) is 19.2. The molecule has 0 radical (unpaired) electrons. The quantitative estimate of drug-likeness (QED) is 0.748. The van der Waals surface area contributed by atoms with Crippen LogP contribution in [-0.4, -0.2) is 29.8 Å².